The first kappa shape index (κ1) is 62.4. The Bertz CT molecular complexity index is 980. The van der Waals surface area contributed by atoms with Crippen molar-refractivity contribution in [1.82, 2.24) is 0 Å². The highest BCUT2D eigenvalue weighted by Gasteiger charge is 2.19. The molecule has 0 aliphatic rings. The minimum Gasteiger partial charge on any atom is -0.462 e. The molecule has 0 saturated carbocycles. The molecule has 0 amide bonds. The lowest BCUT2D eigenvalue weighted by atomic mass is 9.99. The zero-order valence-electron chi connectivity index (χ0n) is 43.9. The molecule has 0 rings (SSSR count). The Hall–Kier alpha value is -1.59. The summed E-state index contributed by atoms with van der Waals surface area (Å²) in [6.45, 7) is 11.4. The third-order valence-electron chi connectivity index (χ3n) is 13.6. The maximum atomic E-state index is 12.8. The second-order valence-corrected chi connectivity index (χ2v) is 20.6. The van der Waals surface area contributed by atoms with E-state index in [1.165, 1.54) is 212 Å². The van der Waals surface area contributed by atoms with Crippen LogP contribution in [0.25, 0.3) is 0 Å². The molecule has 0 aliphatic heterocycles. The zero-order valence-corrected chi connectivity index (χ0v) is 43.9. The summed E-state index contributed by atoms with van der Waals surface area (Å²) in [7, 11) is 0. The number of esters is 3. The molecule has 1 unspecified atom stereocenters. The average molecular weight is 906 g/mol. The van der Waals surface area contributed by atoms with Crippen molar-refractivity contribution in [3.63, 3.8) is 0 Å². The van der Waals surface area contributed by atoms with E-state index in [1.54, 1.807) is 0 Å². The molecule has 0 bridgehead atoms. The van der Waals surface area contributed by atoms with Gasteiger partial charge in [0.05, 0.1) is 0 Å². The van der Waals surface area contributed by atoms with Gasteiger partial charge in [-0.1, -0.05) is 285 Å². The van der Waals surface area contributed by atoms with Crippen LogP contribution >= 0.6 is 0 Å². The number of rotatable bonds is 52. The predicted molar refractivity (Wildman–Crippen MR) is 275 cm³/mol. The number of hydrogen-bond donors (Lipinski definition) is 0. The number of ether oxygens (including phenoxy) is 3. The van der Waals surface area contributed by atoms with Gasteiger partial charge in [0.25, 0.3) is 0 Å². The van der Waals surface area contributed by atoms with Gasteiger partial charge in [0.2, 0.25) is 0 Å². The quantitative estimate of drug-likeness (QED) is 0.0344. The molecule has 0 aromatic rings. The molecular formula is C58H112O6. The van der Waals surface area contributed by atoms with E-state index in [9.17, 15) is 14.4 Å². The lowest BCUT2D eigenvalue weighted by Crippen LogP contribution is -2.30. The Labute approximate surface area is 399 Å². The fourth-order valence-electron chi connectivity index (χ4n) is 8.84. The van der Waals surface area contributed by atoms with Crippen LogP contribution in [0.1, 0.15) is 324 Å². The molecule has 380 valence electrons. The second-order valence-electron chi connectivity index (χ2n) is 20.6. The molecule has 0 radical (unpaired) electrons. The summed E-state index contributed by atoms with van der Waals surface area (Å²) < 4.78 is 16.9. The number of unbranched alkanes of at least 4 members (excludes halogenated alkanes) is 36. The van der Waals surface area contributed by atoms with E-state index in [0.29, 0.717) is 19.3 Å². The highest BCUT2D eigenvalue weighted by Crippen LogP contribution is 2.18. The van der Waals surface area contributed by atoms with Crippen molar-refractivity contribution < 1.29 is 28.6 Å². The van der Waals surface area contributed by atoms with Gasteiger partial charge in [-0.2, -0.15) is 0 Å². The summed E-state index contributed by atoms with van der Waals surface area (Å²) in [5, 5.41) is 0. The molecule has 6 nitrogen and oxygen atoms in total. The van der Waals surface area contributed by atoms with E-state index in [2.05, 4.69) is 34.6 Å². The Morgan fingerprint density at radius 3 is 0.891 bits per heavy atom. The molecular weight excluding hydrogens is 793 g/mol. The highest BCUT2D eigenvalue weighted by atomic mass is 16.6. The molecule has 0 N–H and O–H groups in total. The summed E-state index contributed by atoms with van der Waals surface area (Å²) in [5.41, 5.74) is 0. The summed E-state index contributed by atoms with van der Waals surface area (Å²) in [4.78, 5) is 38.1. The van der Waals surface area contributed by atoms with Crippen molar-refractivity contribution in [2.45, 2.75) is 330 Å². The van der Waals surface area contributed by atoms with Crippen molar-refractivity contribution in [2.75, 3.05) is 13.2 Å². The minimum absolute atomic E-state index is 0.0630. The van der Waals surface area contributed by atoms with Gasteiger partial charge in [-0.05, 0) is 31.1 Å². The van der Waals surface area contributed by atoms with Crippen molar-refractivity contribution >= 4 is 17.9 Å². The van der Waals surface area contributed by atoms with Crippen LogP contribution in [0.4, 0.5) is 0 Å². The van der Waals surface area contributed by atoms with Crippen LogP contribution in [0.2, 0.25) is 0 Å². The molecule has 0 spiro atoms. The summed E-state index contributed by atoms with van der Waals surface area (Å²) in [6.07, 6.45) is 53.8. The zero-order chi connectivity index (χ0) is 46.8. The lowest BCUT2D eigenvalue weighted by molar-refractivity contribution is -0.167. The van der Waals surface area contributed by atoms with Crippen molar-refractivity contribution in [3.05, 3.63) is 0 Å². The minimum atomic E-state index is -0.762. The van der Waals surface area contributed by atoms with Gasteiger partial charge in [0.15, 0.2) is 6.10 Å². The third kappa shape index (κ3) is 49.8. The van der Waals surface area contributed by atoms with E-state index >= 15 is 0 Å². The molecule has 6 heteroatoms. The van der Waals surface area contributed by atoms with Crippen LogP contribution in [0.15, 0.2) is 0 Å². The molecule has 0 heterocycles. The summed E-state index contributed by atoms with van der Waals surface area (Å²) >= 11 is 0. The maximum Gasteiger partial charge on any atom is 0.306 e. The molecule has 0 fully saturated rings. The van der Waals surface area contributed by atoms with Gasteiger partial charge in [-0.25, -0.2) is 0 Å². The first-order valence-electron chi connectivity index (χ1n) is 28.8. The van der Waals surface area contributed by atoms with Gasteiger partial charge in [-0.15, -0.1) is 0 Å². The summed E-state index contributed by atoms with van der Waals surface area (Å²) in [5.74, 6) is 0.887. The van der Waals surface area contributed by atoms with Gasteiger partial charge >= 0.3 is 17.9 Å². The van der Waals surface area contributed by atoms with E-state index in [1.807, 2.05) is 0 Å². The van der Waals surface area contributed by atoms with Crippen LogP contribution in [0.3, 0.4) is 0 Å². The molecule has 0 aromatic heterocycles. The normalized spacial score (nSPS) is 12.5. The molecule has 2 atom stereocenters. The van der Waals surface area contributed by atoms with Crippen LogP contribution in [0.5, 0.6) is 0 Å². The second kappa shape index (κ2) is 50.8. The van der Waals surface area contributed by atoms with Crippen LogP contribution < -0.4 is 0 Å². The highest BCUT2D eigenvalue weighted by molar-refractivity contribution is 5.71. The SMILES string of the molecule is CCCCCCCCCCCCCC(=O)OC[C@H](COC(=O)CCCCCCCCCCCCC(C)CC)OC(=O)CCCCCCCCCCCCCCCCCCCCC(C)C. The summed E-state index contributed by atoms with van der Waals surface area (Å²) in [6, 6.07) is 0. The topological polar surface area (TPSA) is 78.9 Å². The Balaban J connectivity index is 4.24. The monoisotopic (exact) mass is 905 g/mol. The molecule has 0 saturated heterocycles. The first-order valence-corrected chi connectivity index (χ1v) is 28.8. The van der Waals surface area contributed by atoms with Crippen LogP contribution in [0, 0.1) is 11.8 Å². The van der Waals surface area contributed by atoms with E-state index in [0.717, 1.165) is 69.6 Å². The average Bonchev–Trinajstić information content (AvgIpc) is 3.28. The fraction of sp³-hybridized carbons (Fsp3) is 0.948. The Morgan fingerprint density at radius 2 is 0.594 bits per heavy atom. The molecule has 64 heavy (non-hydrogen) atoms. The van der Waals surface area contributed by atoms with E-state index in [-0.39, 0.29) is 31.1 Å². The van der Waals surface area contributed by atoms with Crippen molar-refractivity contribution in [2.24, 2.45) is 11.8 Å². The Kier molecular flexibility index (Phi) is 49.6. The van der Waals surface area contributed by atoms with E-state index in [4.69, 9.17) is 14.2 Å². The Morgan fingerprint density at radius 1 is 0.328 bits per heavy atom. The molecule has 0 aromatic carbocycles. The van der Waals surface area contributed by atoms with Crippen LogP contribution in [-0.2, 0) is 28.6 Å². The molecule has 0 aliphatic carbocycles. The third-order valence-corrected chi connectivity index (χ3v) is 13.6. The lowest BCUT2D eigenvalue weighted by Gasteiger charge is -2.18. The van der Waals surface area contributed by atoms with Crippen molar-refractivity contribution in [1.29, 1.82) is 0 Å². The van der Waals surface area contributed by atoms with Gasteiger partial charge < -0.3 is 14.2 Å². The van der Waals surface area contributed by atoms with Gasteiger partial charge in [0, 0.05) is 19.3 Å². The standard InChI is InChI=1S/C58H112O6/c1-6-8-9-10-11-12-21-28-33-38-43-48-56(59)62-51-55(52-63-57(60)49-44-39-34-29-25-24-27-32-37-42-47-54(5)7-2)64-58(61)50-45-40-35-30-23-20-18-16-14-13-15-17-19-22-26-31-36-41-46-53(3)4/h53-55H,6-52H2,1-5H3/t54?,55-/m1/s1. The largest absolute Gasteiger partial charge is 0.462 e. The van der Waals surface area contributed by atoms with E-state index < -0.39 is 6.10 Å². The fourth-order valence-corrected chi connectivity index (χ4v) is 8.84. The maximum absolute atomic E-state index is 12.8. The van der Waals surface area contributed by atoms with Crippen LogP contribution in [-0.4, -0.2) is 37.2 Å². The number of carbonyl (C=O) groups excluding carboxylic acids is 3. The number of carbonyl (C=O) groups is 3. The predicted octanol–water partition coefficient (Wildman–Crippen LogP) is 18.9. The van der Waals surface area contributed by atoms with Crippen molar-refractivity contribution in [3.8, 4) is 0 Å². The smallest absolute Gasteiger partial charge is 0.306 e. The first-order chi connectivity index (χ1) is 31.3. The van der Waals surface area contributed by atoms with Gasteiger partial charge in [-0.3, -0.25) is 14.4 Å². The number of hydrogen-bond acceptors (Lipinski definition) is 6. The van der Waals surface area contributed by atoms with Gasteiger partial charge in [0.1, 0.15) is 13.2 Å².